The van der Waals surface area contributed by atoms with Crippen molar-refractivity contribution in [2.24, 2.45) is 5.41 Å². The summed E-state index contributed by atoms with van der Waals surface area (Å²) in [7, 11) is 0. The van der Waals surface area contributed by atoms with E-state index < -0.39 is 0 Å². The first-order valence-electron chi connectivity index (χ1n) is 11.9. The van der Waals surface area contributed by atoms with Crippen LogP contribution in [0, 0.1) is 12.3 Å². The van der Waals surface area contributed by atoms with Crippen LogP contribution in [-0.4, -0.2) is 50.2 Å². The molecule has 6 heteroatoms. The second kappa shape index (κ2) is 8.56. The molecule has 0 aliphatic carbocycles. The quantitative estimate of drug-likeness (QED) is 0.727. The van der Waals surface area contributed by atoms with Crippen LogP contribution in [0.5, 0.6) is 5.88 Å². The van der Waals surface area contributed by atoms with E-state index in [1.807, 2.05) is 6.92 Å². The molecule has 0 radical (unpaired) electrons. The first kappa shape index (κ1) is 21.5. The van der Waals surface area contributed by atoms with Gasteiger partial charge in [-0.2, -0.15) is 0 Å². The number of rotatable bonds is 4. The van der Waals surface area contributed by atoms with E-state index in [1.54, 1.807) is 6.07 Å². The summed E-state index contributed by atoms with van der Waals surface area (Å²) in [5.41, 5.74) is 5.99. The van der Waals surface area contributed by atoms with Crippen molar-refractivity contribution in [3.05, 3.63) is 45.6 Å². The van der Waals surface area contributed by atoms with Crippen LogP contribution in [0.15, 0.2) is 29.1 Å². The van der Waals surface area contributed by atoms with Gasteiger partial charge in [0.25, 0.3) is 0 Å². The third-order valence-electron chi connectivity index (χ3n) is 7.25. The standard InChI is InChI=1S/C26H34N2O4/c1-18-23(29)15-24(32-17-21-16-30-12-13-31-21)28-9-6-19-14-20(4-5-22(19)25(18)28)27-10-7-26(2,3)8-11-27/h4-5,14-15,21H,6-13,16-17H2,1-3H3/t21-/m0/s1. The lowest BCUT2D eigenvalue weighted by atomic mass is 9.82. The molecule has 0 bridgehead atoms. The van der Waals surface area contributed by atoms with Crippen LogP contribution in [0.25, 0.3) is 11.3 Å². The molecule has 2 aromatic rings. The molecule has 0 unspecified atom stereocenters. The Morgan fingerprint density at radius 1 is 1.12 bits per heavy atom. The summed E-state index contributed by atoms with van der Waals surface area (Å²) >= 11 is 0. The highest BCUT2D eigenvalue weighted by molar-refractivity contribution is 5.72. The summed E-state index contributed by atoms with van der Waals surface area (Å²) in [6.07, 6.45) is 3.27. The van der Waals surface area contributed by atoms with Crippen LogP contribution in [-0.2, 0) is 22.4 Å². The molecular formula is C26H34N2O4. The smallest absolute Gasteiger partial charge is 0.197 e. The molecule has 3 aliphatic rings. The van der Waals surface area contributed by atoms with Gasteiger partial charge < -0.3 is 23.7 Å². The molecule has 1 aromatic carbocycles. The number of ether oxygens (including phenoxy) is 3. The highest BCUT2D eigenvalue weighted by Gasteiger charge is 2.27. The van der Waals surface area contributed by atoms with Gasteiger partial charge in [0.15, 0.2) is 11.3 Å². The summed E-state index contributed by atoms with van der Waals surface area (Å²) < 4.78 is 19.4. The summed E-state index contributed by atoms with van der Waals surface area (Å²) in [5.74, 6) is 0.623. The molecule has 2 saturated heterocycles. The van der Waals surface area contributed by atoms with Gasteiger partial charge in [0, 0.05) is 42.5 Å². The number of pyridine rings is 1. The Morgan fingerprint density at radius 3 is 2.69 bits per heavy atom. The fraction of sp³-hybridized carbons (Fsp3) is 0.577. The highest BCUT2D eigenvalue weighted by atomic mass is 16.6. The molecule has 2 fully saturated rings. The number of hydrogen-bond acceptors (Lipinski definition) is 5. The number of aryl methyl sites for hydroxylation is 1. The van der Waals surface area contributed by atoms with Crippen molar-refractivity contribution in [2.45, 2.75) is 52.7 Å². The molecule has 0 saturated carbocycles. The van der Waals surface area contributed by atoms with E-state index in [1.165, 1.54) is 24.1 Å². The first-order valence-corrected chi connectivity index (χ1v) is 11.9. The molecule has 5 rings (SSSR count). The molecule has 172 valence electrons. The Kier molecular flexibility index (Phi) is 5.76. The number of aromatic nitrogens is 1. The molecule has 32 heavy (non-hydrogen) atoms. The molecular weight excluding hydrogens is 404 g/mol. The predicted octanol–water partition coefficient (Wildman–Crippen LogP) is 3.80. The minimum Gasteiger partial charge on any atom is -0.476 e. The van der Waals surface area contributed by atoms with E-state index in [0.717, 1.165) is 42.9 Å². The third-order valence-corrected chi connectivity index (χ3v) is 7.25. The molecule has 1 aromatic heterocycles. The molecule has 1 atom stereocenters. The van der Waals surface area contributed by atoms with Crippen LogP contribution >= 0.6 is 0 Å². The Bertz CT molecular complexity index is 1040. The minimum atomic E-state index is -0.0932. The van der Waals surface area contributed by atoms with Crippen molar-refractivity contribution in [1.82, 2.24) is 4.57 Å². The van der Waals surface area contributed by atoms with Crippen LogP contribution in [0.1, 0.15) is 37.8 Å². The van der Waals surface area contributed by atoms with E-state index in [2.05, 4.69) is 41.5 Å². The SMILES string of the molecule is Cc1c2n(c(OC[C@@H]3COCCO3)cc1=O)CCc1cc(N3CCC(C)(C)CC3)ccc1-2. The zero-order valence-corrected chi connectivity index (χ0v) is 19.5. The van der Waals surface area contributed by atoms with Crippen molar-refractivity contribution < 1.29 is 14.2 Å². The maximum absolute atomic E-state index is 12.8. The number of nitrogens with zero attached hydrogens (tertiary/aromatic N) is 2. The lowest BCUT2D eigenvalue weighted by Gasteiger charge is -2.38. The fourth-order valence-electron chi connectivity index (χ4n) is 5.04. The van der Waals surface area contributed by atoms with Gasteiger partial charge in [-0.05, 0) is 49.3 Å². The Hall–Kier alpha value is -2.31. The Labute approximate surface area is 190 Å². The van der Waals surface area contributed by atoms with Crippen molar-refractivity contribution >= 4 is 5.69 Å². The predicted molar refractivity (Wildman–Crippen MR) is 126 cm³/mol. The number of fused-ring (bicyclic) bond motifs is 3. The van der Waals surface area contributed by atoms with Crippen molar-refractivity contribution in [1.29, 1.82) is 0 Å². The van der Waals surface area contributed by atoms with Crippen LogP contribution in [0.3, 0.4) is 0 Å². The summed E-state index contributed by atoms with van der Waals surface area (Å²) in [6, 6.07) is 8.38. The first-order chi connectivity index (χ1) is 15.4. The lowest BCUT2D eigenvalue weighted by Crippen LogP contribution is -2.37. The average Bonchev–Trinajstić information content (AvgIpc) is 2.80. The maximum atomic E-state index is 12.8. The Morgan fingerprint density at radius 2 is 1.94 bits per heavy atom. The van der Waals surface area contributed by atoms with E-state index >= 15 is 0 Å². The minimum absolute atomic E-state index is 0.0160. The summed E-state index contributed by atoms with van der Waals surface area (Å²) in [6.45, 7) is 11.8. The van der Waals surface area contributed by atoms with Crippen LogP contribution in [0.2, 0.25) is 0 Å². The molecule has 0 N–H and O–H groups in total. The molecule has 0 spiro atoms. The third kappa shape index (κ3) is 4.18. The van der Waals surface area contributed by atoms with Gasteiger partial charge >= 0.3 is 0 Å². The number of piperidine rings is 1. The average molecular weight is 439 g/mol. The summed E-state index contributed by atoms with van der Waals surface area (Å²) in [4.78, 5) is 15.3. The van der Waals surface area contributed by atoms with Gasteiger partial charge in [-0.15, -0.1) is 0 Å². The van der Waals surface area contributed by atoms with Gasteiger partial charge in [0.05, 0.1) is 25.5 Å². The van der Waals surface area contributed by atoms with E-state index in [4.69, 9.17) is 14.2 Å². The molecule has 3 aliphatic heterocycles. The van der Waals surface area contributed by atoms with Gasteiger partial charge in [-0.25, -0.2) is 0 Å². The number of anilines is 1. The Balaban J connectivity index is 1.42. The largest absolute Gasteiger partial charge is 0.476 e. The number of benzene rings is 1. The van der Waals surface area contributed by atoms with Gasteiger partial charge in [0.2, 0.25) is 0 Å². The van der Waals surface area contributed by atoms with Gasteiger partial charge in [0.1, 0.15) is 12.7 Å². The number of hydrogen-bond donors (Lipinski definition) is 0. The van der Waals surface area contributed by atoms with Crippen molar-refractivity contribution in [3.8, 4) is 17.1 Å². The highest BCUT2D eigenvalue weighted by Crippen LogP contribution is 2.38. The molecule has 6 nitrogen and oxygen atoms in total. The van der Waals surface area contributed by atoms with E-state index in [-0.39, 0.29) is 11.5 Å². The van der Waals surface area contributed by atoms with Crippen molar-refractivity contribution in [3.63, 3.8) is 0 Å². The van der Waals surface area contributed by atoms with E-state index in [0.29, 0.717) is 37.7 Å². The van der Waals surface area contributed by atoms with Crippen molar-refractivity contribution in [2.75, 3.05) is 44.4 Å². The van der Waals surface area contributed by atoms with E-state index in [9.17, 15) is 4.79 Å². The topological polar surface area (TPSA) is 52.9 Å². The van der Waals surface area contributed by atoms with Crippen LogP contribution in [0.4, 0.5) is 5.69 Å². The molecule has 4 heterocycles. The molecule has 0 amide bonds. The van der Waals surface area contributed by atoms with Gasteiger partial charge in [-0.3, -0.25) is 4.79 Å². The second-order valence-electron chi connectivity index (χ2n) is 10.1. The maximum Gasteiger partial charge on any atom is 0.197 e. The zero-order chi connectivity index (χ0) is 22.3. The van der Waals surface area contributed by atoms with Crippen LogP contribution < -0.4 is 15.1 Å². The normalized spacial score (nSPS) is 22.2. The summed E-state index contributed by atoms with van der Waals surface area (Å²) in [5, 5.41) is 0. The lowest BCUT2D eigenvalue weighted by molar-refractivity contribution is -0.102. The fourth-order valence-corrected chi connectivity index (χ4v) is 5.04. The monoisotopic (exact) mass is 438 g/mol. The zero-order valence-electron chi connectivity index (χ0n) is 19.5. The second-order valence-corrected chi connectivity index (χ2v) is 10.1. The van der Waals surface area contributed by atoms with Gasteiger partial charge in [-0.1, -0.05) is 19.9 Å².